The molecular weight excluding hydrogens is 226 g/mol. The molecule has 1 fully saturated rings. The van der Waals surface area contributed by atoms with Crippen LogP contribution < -0.4 is 0 Å². The van der Waals surface area contributed by atoms with Crippen molar-refractivity contribution in [3.05, 3.63) is 35.9 Å². The maximum Gasteiger partial charge on any atom is 0.0916 e. The molecule has 2 rings (SSSR count). The second-order valence-corrected chi connectivity index (χ2v) is 5.13. The predicted molar refractivity (Wildman–Crippen MR) is 72.4 cm³/mol. The van der Waals surface area contributed by atoms with Crippen LogP contribution in [-0.4, -0.2) is 43.4 Å². The van der Waals surface area contributed by atoms with E-state index in [-0.39, 0.29) is 6.10 Å². The van der Waals surface area contributed by atoms with Crippen LogP contribution >= 0.6 is 0 Å². The monoisotopic (exact) mass is 249 g/mol. The highest BCUT2D eigenvalue weighted by molar-refractivity contribution is 5.17. The lowest BCUT2D eigenvalue weighted by Gasteiger charge is -2.32. The van der Waals surface area contributed by atoms with Crippen molar-refractivity contribution in [3.63, 3.8) is 0 Å². The van der Waals surface area contributed by atoms with E-state index >= 15 is 0 Å². The Balaban J connectivity index is 1.78. The summed E-state index contributed by atoms with van der Waals surface area (Å²) in [6, 6.07) is 9.91. The lowest BCUT2D eigenvalue weighted by atomic mass is 9.97. The molecule has 0 amide bonds. The Hall–Kier alpha value is -0.900. The van der Waals surface area contributed by atoms with Crippen LogP contribution in [0, 0.1) is 5.92 Å². The maximum absolute atomic E-state index is 10.2. The van der Waals surface area contributed by atoms with Crippen molar-refractivity contribution in [3.8, 4) is 0 Å². The van der Waals surface area contributed by atoms with Gasteiger partial charge in [0, 0.05) is 20.3 Å². The lowest BCUT2D eigenvalue weighted by Crippen LogP contribution is -2.37. The van der Waals surface area contributed by atoms with Crippen molar-refractivity contribution in [2.24, 2.45) is 5.92 Å². The first-order chi connectivity index (χ1) is 8.79. The van der Waals surface area contributed by atoms with Gasteiger partial charge in [0.1, 0.15) is 0 Å². The molecule has 1 aliphatic rings. The first kappa shape index (κ1) is 13.5. The maximum atomic E-state index is 10.2. The topological polar surface area (TPSA) is 32.7 Å². The number of ether oxygens (including phenoxy) is 1. The molecule has 0 spiro atoms. The molecule has 1 heterocycles. The van der Waals surface area contributed by atoms with Crippen LogP contribution in [-0.2, 0) is 4.74 Å². The summed E-state index contributed by atoms with van der Waals surface area (Å²) in [5, 5.41) is 10.2. The number of hydrogen-bond acceptors (Lipinski definition) is 3. The van der Waals surface area contributed by atoms with Gasteiger partial charge in [-0.1, -0.05) is 30.3 Å². The van der Waals surface area contributed by atoms with E-state index in [2.05, 4.69) is 4.90 Å². The quantitative estimate of drug-likeness (QED) is 0.867. The molecule has 1 unspecified atom stereocenters. The SMILES string of the molecule is COCC1CCN(CC(O)c2ccccc2)CC1. The van der Waals surface area contributed by atoms with E-state index in [0.717, 1.165) is 31.8 Å². The number of methoxy groups -OCH3 is 1. The third-order valence-corrected chi connectivity index (χ3v) is 3.73. The summed E-state index contributed by atoms with van der Waals surface area (Å²) in [6.07, 6.45) is 1.98. The van der Waals surface area contributed by atoms with E-state index in [1.54, 1.807) is 7.11 Å². The number of benzene rings is 1. The molecular formula is C15H23NO2. The number of aliphatic hydroxyl groups is 1. The Morgan fingerprint density at radius 1 is 1.28 bits per heavy atom. The van der Waals surface area contributed by atoms with Gasteiger partial charge >= 0.3 is 0 Å². The zero-order valence-electron chi connectivity index (χ0n) is 11.1. The molecule has 100 valence electrons. The second kappa shape index (κ2) is 6.88. The fraction of sp³-hybridized carbons (Fsp3) is 0.600. The van der Waals surface area contributed by atoms with Crippen molar-refractivity contribution in [2.75, 3.05) is 33.4 Å². The van der Waals surface area contributed by atoms with Crippen molar-refractivity contribution >= 4 is 0 Å². The Kier molecular flexibility index (Phi) is 5.17. The number of rotatable bonds is 5. The van der Waals surface area contributed by atoms with Gasteiger partial charge in [-0.05, 0) is 37.4 Å². The van der Waals surface area contributed by atoms with Crippen LogP contribution in [0.2, 0.25) is 0 Å². The van der Waals surface area contributed by atoms with Crippen LogP contribution in [0.4, 0.5) is 0 Å². The van der Waals surface area contributed by atoms with E-state index < -0.39 is 0 Å². The van der Waals surface area contributed by atoms with Gasteiger partial charge in [-0.25, -0.2) is 0 Å². The van der Waals surface area contributed by atoms with Gasteiger partial charge in [0.25, 0.3) is 0 Å². The molecule has 0 radical (unpaired) electrons. The Morgan fingerprint density at radius 3 is 2.56 bits per heavy atom. The summed E-state index contributed by atoms with van der Waals surface area (Å²) in [7, 11) is 1.77. The standard InChI is InChI=1S/C15H23NO2/c1-18-12-13-7-9-16(10-8-13)11-15(17)14-5-3-2-4-6-14/h2-6,13,15,17H,7-12H2,1H3. The van der Waals surface area contributed by atoms with Crippen molar-refractivity contribution in [2.45, 2.75) is 18.9 Å². The molecule has 1 aliphatic heterocycles. The van der Waals surface area contributed by atoms with Crippen LogP contribution in [0.3, 0.4) is 0 Å². The average molecular weight is 249 g/mol. The number of nitrogens with zero attached hydrogens (tertiary/aromatic N) is 1. The molecule has 3 nitrogen and oxygen atoms in total. The number of β-amino-alcohol motifs (C(OH)–C–C–N with tert-alkyl or cyclic N) is 1. The zero-order chi connectivity index (χ0) is 12.8. The number of aliphatic hydroxyl groups excluding tert-OH is 1. The van der Waals surface area contributed by atoms with Gasteiger partial charge in [0.05, 0.1) is 6.10 Å². The van der Waals surface area contributed by atoms with Gasteiger partial charge in [0.2, 0.25) is 0 Å². The van der Waals surface area contributed by atoms with Crippen LogP contribution in [0.1, 0.15) is 24.5 Å². The highest BCUT2D eigenvalue weighted by Crippen LogP contribution is 2.20. The Labute approximate surface area is 109 Å². The minimum Gasteiger partial charge on any atom is -0.387 e. The number of hydrogen-bond donors (Lipinski definition) is 1. The van der Waals surface area contributed by atoms with Crippen LogP contribution in [0.15, 0.2) is 30.3 Å². The van der Waals surface area contributed by atoms with Crippen molar-refractivity contribution < 1.29 is 9.84 Å². The normalized spacial score (nSPS) is 19.9. The van der Waals surface area contributed by atoms with E-state index in [4.69, 9.17) is 4.74 Å². The minimum absolute atomic E-state index is 0.370. The van der Waals surface area contributed by atoms with E-state index in [0.29, 0.717) is 5.92 Å². The molecule has 3 heteroatoms. The third-order valence-electron chi connectivity index (χ3n) is 3.73. The summed E-state index contributed by atoms with van der Waals surface area (Å²) in [5.74, 6) is 0.695. The second-order valence-electron chi connectivity index (χ2n) is 5.13. The summed E-state index contributed by atoms with van der Waals surface area (Å²) in [5.41, 5.74) is 1.01. The molecule has 18 heavy (non-hydrogen) atoms. The molecule has 0 saturated carbocycles. The Morgan fingerprint density at radius 2 is 1.94 bits per heavy atom. The fourth-order valence-corrected chi connectivity index (χ4v) is 2.60. The molecule has 0 aliphatic carbocycles. The summed E-state index contributed by atoms with van der Waals surface area (Å²) < 4.78 is 5.20. The highest BCUT2D eigenvalue weighted by atomic mass is 16.5. The van der Waals surface area contributed by atoms with Gasteiger partial charge in [0.15, 0.2) is 0 Å². The minimum atomic E-state index is -0.370. The Bertz CT molecular complexity index is 334. The molecule has 1 atom stereocenters. The van der Waals surface area contributed by atoms with E-state index in [9.17, 15) is 5.11 Å². The molecule has 1 aromatic rings. The highest BCUT2D eigenvalue weighted by Gasteiger charge is 2.21. The number of piperidine rings is 1. The van der Waals surface area contributed by atoms with Crippen molar-refractivity contribution in [1.82, 2.24) is 4.90 Å². The average Bonchev–Trinajstić information content (AvgIpc) is 2.42. The first-order valence-electron chi connectivity index (χ1n) is 6.74. The van der Waals surface area contributed by atoms with Gasteiger partial charge in [-0.3, -0.25) is 0 Å². The lowest BCUT2D eigenvalue weighted by molar-refractivity contribution is 0.0657. The molecule has 1 saturated heterocycles. The van der Waals surface area contributed by atoms with E-state index in [1.807, 2.05) is 30.3 Å². The molecule has 0 bridgehead atoms. The molecule has 1 aromatic carbocycles. The van der Waals surface area contributed by atoms with E-state index in [1.165, 1.54) is 12.8 Å². The summed E-state index contributed by atoms with van der Waals surface area (Å²) in [6.45, 7) is 3.74. The largest absolute Gasteiger partial charge is 0.387 e. The fourth-order valence-electron chi connectivity index (χ4n) is 2.60. The zero-order valence-corrected chi connectivity index (χ0v) is 11.1. The van der Waals surface area contributed by atoms with Crippen LogP contribution in [0.25, 0.3) is 0 Å². The molecule has 0 aromatic heterocycles. The predicted octanol–water partition coefficient (Wildman–Crippen LogP) is 2.08. The molecule has 1 N–H and O–H groups in total. The summed E-state index contributed by atoms with van der Waals surface area (Å²) >= 11 is 0. The third kappa shape index (κ3) is 3.80. The first-order valence-corrected chi connectivity index (χ1v) is 6.74. The van der Waals surface area contributed by atoms with Gasteiger partial charge in [-0.15, -0.1) is 0 Å². The van der Waals surface area contributed by atoms with Crippen molar-refractivity contribution in [1.29, 1.82) is 0 Å². The van der Waals surface area contributed by atoms with Gasteiger partial charge in [-0.2, -0.15) is 0 Å². The van der Waals surface area contributed by atoms with Gasteiger partial charge < -0.3 is 14.7 Å². The number of likely N-dealkylation sites (tertiary alicyclic amines) is 1. The summed E-state index contributed by atoms with van der Waals surface area (Å²) in [4.78, 5) is 2.35. The smallest absolute Gasteiger partial charge is 0.0916 e. The van der Waals surface area contributed by atoms with Crippen LogP contribution in [0.5, 0.6) is 0 Å².